The Morgan fingerprint density at radius 1 is 1.04 bits per heavy atom. The molecule has 3 saturated carbocycles. The smallest absolute Gasteiger partial charge is 0.192 e. The fourth-order valence-electron chi connectivity index (χ4n) is 6.22. The summed E-state index contributed by atoms with van der Waals surface area (Å²) >= 11 is 0. The molecule has 6 atom stereocenters. The highest BCUT2D eigenvalue weighted by Crippen LogP contribution is 2.79. The third-order valence-electron chi connectivity index (χ3n) is 8.86. The van der Waals surface area contributed by atoms with Crippen molar-refractivity contribution in [2.24, 2.45) is 22.7 Å². The first-order valence-electron chi connectivity index (χ1n) is 10.0. The summed E-state index contributed by atoms with van der Waals surface area (Å²) in [4.78, 5) is 0. The van der Waals surface area contributed by atoms with Crippen LogP contribution in [0.3, 0.4) is 0 Å². The Hall–Kier alpha value is 0.137. The maximum Gasteiger partial charge on any atom is 0.192 e. The summed E-state index contributed by atoms with van der Waals surface area (Å²) in [6, 6.07) is 0. The molecule has 0 aromatic carbocycles. The largest absolute Gasteiger partial charge is 0.411 e. The van der Waals surface area contributed by atoms with Gasteiger partial charge in [-0.05, 0) is 73.4 Å². The molecule has 3 heteroatoms. The first kappa shape index (κ1) is 17.5. The molecule has 1 heterocycles. The number of epoxide rings is 1. The molecule has 24 heavy (non-hydrogen) atoms. The van der Waals surface area contributed by atoms with Crippen LogP contribution in [0.1, 0.15) is 74.1 Å². The molecule has 1 saturated heterocycles. The molecule has 138 valence electrons. The fraction of sp³-hybridized carbons (Fsp3) is 1.00. The van der Waals surface area contributed by atoms with Crippen LogP contribution in [0.4, 0.5) is 0 Å². The van der Waals surface area contributed by atoms with Gasteiger partial charge in [0, 0.05) is 0 Å². The molecule has 4 aliphatic rings. The number of ether oxygens (including phenoxy) is 1. The summed E-state index contributed by atoms with van der Waals surface area (Å²) in [5.74, 6) is 1.62. The summed E-state index contributed by atoms with van der Waals surface area (Å²) in [5, 5.41) is 0.265. The molecule has 0 amide bonds. The Labute approximate surface area is 150 Å². The van der Waals surface area contributed by atoms with Crippen LogP contribution in [0.25, 0.3) is 0 Å². The molecule has 4 fully saturated rings. The first-order valence-corrected chi connectivity index (χ1v) is 13.0. The van der Waals surface area contributed by atoms with Crippen molar-refractivity contribution >= 4 is 8.32 Å². The van der Waals surface area contributed by atoms with Gasteiger partial charge in [-0.1, -0.05) is 41.5 Å². The zero-order valence-electron chi connectivity index (χ0n) is 17.4. The topological polar surface area (TPSA) is 21.8 Å². The summed E-state index contributed by atoms with van der Waals surface area (Å²) in [7, 11) is -1.76. The number of hydrogen-bond acceptors (Lipinski definition) is 2. The average molecular weight is 351 g/mol. The van der Waals surface area contributed by atoms with Crippen LogP contribution in [0, 0.1) is 22.7 Å². The summed E-state index contributed by atoms with van der Waals surface area (Å²) < 4.78 is 13.6. The van der Waals surface area contributed by atoms with E-state index in [1.54, 1.807) is 0 Å². The van der Waals surface area contributed by atoms with E-state index in [0.29, 0.717) is 22.9 Å². The molecule has 4 rings (SSSR count). The van der Waals surface area contributed by atoms with Crippen molar-refractivity contribution < 1.29 is 9.16 Å². The van der Waals surface area contributed by atoms with Crippen molar-refractivity contribution in [3.05, 3.63) is 0 Å². The van der Waals surface area contributed by atoms with E-state index in [2.05, 4.69) is 61.6 Å². The Bertz CT molecular complexity index is 577. The highest BCUT2D eigenvalue weighted by Gasteiger charge is 2.84. The van der Waals surface area contributed by atoms with Gasteiger partial charge in [0.15, 0.2) is 8.32 Å². The number of hydrogen-bond donors (Lipinski definition) is 0. The van der Waals surface area contributed by atoms with E-state index >= 15 is 0 Å². The second-order valence-corrected chi connectivity index (χ2v) is 17.0. The summed E-state index contributed by atoms with van der Waals surface area (Å²) in [5.41, 5.74) is 0.979. The Morgan fingerprint density at radius 2 is 1.67 bits per heavy atom. The van der Waals surface area contributed by atoms with E-state index in [-0.39, 0.29) is 16.2 Å². The Balaban J connectivity index is 1.65. The van der Waals surface area contributed by atoms with Gasteiger partial charge in [-0.3, -0.25) is 0 Å². The minimum Gasteiger partial charge on any atom is -0.411 e. The zero-order valence-corrected chi connectivity index (χ0v) is 18.4. The minimum atomic E-state index is -1.76. The van der Waals surface area contributed by atoms with Gasteiger partial charge in [0.25, 0.3) is 0 Å². The molecule has 1 spiro atoms. The van der Waals surface area contributed by atoms with Crippen molar-refractivity contribution in [3.8, 4) is 0 Å². The third kappa shape index (κ3) is 2.07. The lowest BCUT2D eigenvalue weighted by Crippen LogP contribution is -2.47. The predicted octanol–water partition coefficient (Wildman–Crippen LogP) is 5.77. The van der Waals surface area contributed by atoms with Crippen molar-refractivity contribution in [2.45, 2.75) is 110 Å². The van der Waals surface area contributed by atoms with E-state index in [1.165, 1.54) is 25.7 Å². The van der Waals surface area contributed by atoms with Gasteiger partial charge >= 0.3 is 0 Å². The number of fused-ring (bicyclic) bond motifs is 2. The second-order valence-electron chi connectivity index (χ2n) is 12.2. The molecular weight excluding hydrogens is 312 g/mol. The van der Waals surface area contributed by atoms with Crippen molar-refractivity contribution in [3.63, 3.8) is 0 Å². The van der Waals surface area contributed by atoms with Crippen molar-refractivity contribution in [1.29, 1.82) is 0 Å². The van der Waals surface area contributed by atoms with Gasteiger partial charge < -0.3 is 9.16 Å². The van der Waals surface area contributed by atoms with Gasteiger partial charge in [0.2, 0.25) is 0 Å². The van der Waals surface area contributed by atoms with Crippen LogP contribution in [0.5, 0.6) is 0 Å². The zero-order chi connectivity index (χ0) is 18.0. The first-order chi connectivity index (χ1) is 10.7. The van der Waals surface area contributed by atoms with Crippen LogP contribution < -0.4 is 0 Å². The van der Waals surface area contributed by atoms with Gasteiger partial charge in [0.1, 0.15) is 11.2 Å². The molecule has 0 aromatic rings. The number of rotatable bonds is 2. The SMILES string of the molecule is CC1(C)C[C@@H]2C[C@@]2(C)[C@@H]2C[C@H](O[Si](C)(C)C(C)(C)C)[C@]3(C)O[C@@]23C1. The van der Waals surface area contributed by atoms with Crippen LogP contribution in [-0.2, 0) is 9.16 Å². The Kier molecular flexibility index (Phi) is 3.17. The molecular formula is C21H38O2Si. The van der Waals surface area contributed by atoms with E-state index < -0.39 is 8.32 Å². The van der Waals surface area contributed by atoms with Crippen LogP contribution in [0.2, 0.25) is 18.1 Å². The predicted molar refractivity (Wildman–Crippen MR) is 102 cm³/mol. The molecule has 0 N–H and O–H groups in total. The van der Waals surface area contributed by atoms with Crippen molar-refractivity contribution in [2.75, 3.05) is 0 Å². The highest BCUT2D eigenvalue weighted by molar-refractivity contribution is 6.74. The molecule has 0 radical (unpaired) electrons. The second kappa shape index (κ2) is 4.34. The summed E-state index contributed by atoms with van der Waals surface area (Å²) in [6.45, 7) is 21.7. The maximum atomic E-state index is 6.94. The van der Waals surface area contributed by atoms with E-state index in [1.807, 2.05) is 0 Å². The van der Waals surface area contributed by atoms with Gasteiger partial charge in [-0.25, -0.2) is 0 Å². The van der Waals surface area contributed by atoms with E-state index in [0.717, 1.165) is 5.92 Å². The van der Waals surface area contributed by atoms with Crippen LogP contribution >= 0.6 is 0 Å². The van der Waals surface area contributed by atoms with E-state index in [9.17, 15) is 0 Å². The summed E-state index contributed by atoms with van der Waals surface area (Å²) in [6.07, 6.45) is 5.55. The standard InChI is InChI=1S/C21H38O2Si/c1-17(2,3)24(8,9)22-16-10-15-19(6)12-14(19)11-18(4,5)13-21(15)20(16,7)23-21/h14-16H,10-13H2,1-9H3/t14-,15+,16+,19-,20+,21+/m1/s1. The average Bonchev–Trinajstić information content (AvgIpc) is 3.15. The van der Waals surface area contributed by atoms with E-state index in [4.69, 9.17) is 9.16 Å². The fourth-order valence-corrected chi connectivity index (χ4v) is 7.61. The molecule has 1 aliphatic heterocycles. The van der Waals surface area contributed by atoms with Gasteiger partial charge in [-0.2, -0.15) is 0 Å². The van der Waals surface area contributed by atoms with Crippen LogP contribution in [0.15, 0.2) is 0 Å². The highest BCUT2D eigenvalue weighted by atomic mass is 28.4. The monoisotopic (exact) mass is 350 g/mol. The van der Waals surface area contributed by atoms with Crippen LogP contribution in [-0.4, -0.2) is 25.6 Å². The normalized spacial score (nSPS) is 52.1. The molecule has 3 aliphatic carbocycles. The lowest BCUT2D eigenvalue weighted by atomic mass is 9.73. The van der Waals surface area contributed by atoms with Crippen molar-refractivity contribution in [1.82, 2.24) is 0 Å². The third-order valence-corrected chi connectivity index (χ3v) is 13.3. The quantitative estimate of drug-likeness (QED) is 0.466. The van der Waals surface area contributed by atoms with Gasteiger partial charge in [0.05, 0.1) is 6.10 Å². The van der Waals surface area contributed by atoms with Gasteiger partial charge in [-0.15, -0.1) is 0 Å². The molecule has 0 aromatic heterocycles. The lowest BCUT2D eigenvalue weighted by Gasteiger charge is -2.40. The lowest BCUT2D eigenvalue weighted by molar-refractivity contribution is 0.0360. The molecule has 0 unspecified atom stereocenters. The minimum absolute atomic E-state index is 0.0368. The molecule has 2 nitrogen and oxygen atoms in total. The maximum absolute atomic E-state index is 6.94. The Morgan fingerprint density at radius 3 is 2.25 bits per heavy atom. The molecule has 0 bridgehead atoms.